The van der Waals surface area contributed by atoms with Crippen LogP contribution >= 0.6 is 15.9 Å². The zero-order valence-corrected chi connectivity index (χ0v) is 17.8. The van der Waals surface area contributed by atoms with Crippen molar-refractivity contribution >= 4 is 39.5 Å². The Kier molecular flexibility index (Phi) is 7.41. The zero-order valence-electron chi connectivity index (χ0n) is 16.2. The highest BCUT2D eigenvalue weighted by molar-refractivity contribution is 9.10. The fraction of sp³-hybridized carbons (Fsp3) is 0.550. The fourth-order valence-electron chi connectivity index (χ4n) is 3.24. The molecule has 0 radical (unpaired) electrons. The summed E-state index contributed by atoms with van der Waals surface area (Å²) in [6.07, 6.45) is 5.97. The van der Waals surface area contributed by atoms with Crippen molar-refractivity contribution in [2.45, 2.75) is 64.8 Å². The lowest BCUT2D eigenvalue weighted by atomic mass is 9.94. The molecule has 0 saturated carbocycles. The first-order chi connectivity index (χ1) is 12.8. The number of urea groups is 1. The minimum absolute atomic E-state index is 0.286. The molecule has 148 valence electrons. The normalized spacial score (nSPS) is 19.3. The summed E-state index contributed by atoms with van der Waals surface area (Å²) < 4.78 is 0.918. The van der Waals surface area contributed by atoms with Gasteiger partial charge in [0.25, 0.3) is 5.91 Å². The number of nitrogens with zero attached hydrogens (tertiary/aromatic N) is 1. The standard InChI is InChI=1S/C20H28BrN3O3/c1-4-5-6-7-8-11-20(3)18(26)24(19(27)23-20)13-17(25)22-16-10-9-15(21)12-14(16)2/h9-10,12H,4-8,11,13H2,1-3H3,(H,22,25)(H,23,27)/t20-/m1/s1. The smallest absolute Gasteiger partial charge is 0.324 e. The van der Waals surface area contributed by atoms with Crippen LogP contribution in [0, 0.1) is 6.92 Å². The Balaban J connectivity index is 1.93. The van der Waals surface area contributed by atoms with E-state index in [0.717, 1.165) is 40.6 Å². The number of rotatable bonds is 9. The highest BCUT2D eigenvalue weighted by Crippen LogP contribution is 2.25. The minimum atomic E-state index is -0.920. The van der Waals surface area contributed by atoms with E-state index in [1.165, 1.54) is 6.42 Å². The summed E-state index contributed by atoms with van der Waals surface area (Å²) in [5, 5.41) is 5.53. The minimum Gasteiger partial charge on any atom is -0.324 e. The van der Waals surface area contributed by atoms with Crippen molar-refractivity contribution < 1.29 is 14.4 Å². The highest BCUT2D eigenvalue weighted by atomic mass is 79.9. The monoisotopic (exact) mass is 437 g/mol. The van der Waals surface area contributed by atoms with Gasteiger partial charge in [-0.3, -0.25) is 14.5 Å². The van der Waals surface area contributed by atoms with Crippen LogP contribution in [0.4, 0.5) is 10.5 Å². The summed E-state index contributed by atoms with van der Waals surface area (Å²) in [7, 11) is 0. The summed E-state index contributed by atoms with van der Waals surface area (Å²) in [6, 6.07) is 4.99. The van der Waals surface area contributed by atoms with E-state index >= 15 is 0 Å². The third kappa shape index (κ3) is 5.54. The number of carbonyl (C=O) groups excluding carboxylic acids is 3. The number of hydrogen-bond acceptors (Lipinski definition) is 3. The SMILES string of the molecule is CCCCCCC[C@@]1(C)NC(=O)N(CC(=O)Nc2ccc(Br)cc2C)C1=O. The van der Waals surface area contributed by atoms with Crippen molar-refractivity contribution in [1.29, 1.82) is 0 Å². The van der Waals surface area contributed by atoms with Crippen LogP contribution in [0.25, 0.3) is 0 Å². The second-order valence-electron chi connectivity index (χ2n) is 7.33. The molecule has 1 aromatic carbocycles. The lowest BCUT2D eigenvalue weighted by molar-refractivity contribution is -0.133. The largest absolute Gasteiger partial charge is 0.325 e. The molecule has 6 nitrogen and oxygen atoms in total. The Hall–Kier alpha value is -1.89. The molecule has 0 spiro atoms. The molecule has 1 aromatic rings. The maximum Gasteiger partial charge on any atom is 0.325 e. The van der Waals surface area contributed by atoms with Crippen LogP contribution in [0.15, 0.2) is 22.7 Å². The van der Waals surface area contributed by atoms with E-state index in [1.807, 2.05) is 19.1 Å². The molecule has 7 heteroatoms. The molecule has 0 unspecified atom stereocenters. The van der Waals surface area contributed by atoms with Crippen molar-refractivity contribution in [3.63, 3.8) is 0 Å². The number of aryl methyl sites for hydroxylation is 1. The van der Waals surface area contributed by atoms with E-state index in [1.54, 1.807) is 13.0 Å². The maximum absolute atomic E-state index is 12.7. The summed E-state index contributed by atoms with van der Waals surface area (Å²) in [5.41, 5.74) is 0.637. The van der Waals surface area contributed by atoms with Gasteiger partial charge in [-0.1, -0.05) is 55.0 Å². The molecule has 1 aliphatic rings. The van der Waals surface area contributed by atoms with Gasteiger partial charge in [-0.05, 0) is 44.0 Å². The van der Waals surface area contributed by atoms with Gasteiger partial charge in [0, 0.05) is 10.2 Å². The number of benzene rings is 1. The number of carbonyl (C=O) groups is 3. The molecule has 1 aliphatic heterocycles. The average molecular weight is 438 g/mol. The van der Waals surface area contributed by atoms with E-state index < -0.39 is 17.5 Å². The molecule has 1 heterocycles. The van der Waals surface area contributed by atoms with Crippen LogP contribution in [0.2, 0.25) is 0 Å². The van der Waals surface area contributed by atoms with Gasteiger partial charge in [-0.15, -0.1) is 0 Å². The Labute approximate surface area is 169 Å². The molecule has 0 bridgehead atoms. The zero-order chi connectivity index (χ0) is 20.0. The summed E-state index contributed by atoms with van der Waals surface area (Å²) in [5.74, 6) is -0.721. The third-order valence-electron chi connectivity index (χ3n) is 4.89. The first kappa shape index (κ1) is 21.4. The van der Waals surface area contributed by atoms with E-state index in [0.29, 0.717) is 12.1 Å². The van der Waals surface area contributed by atoms with Gasteiger partial charge in [-0.25, -0.2) is 4.79 Å². The lowest BCUT2D eigenvalue weighted by Gasteiger charge is -2.21. The van der Waals surface area contributed by atoms with E-state index in [4.69, 9.17) is 0 Å². The molecule has 4 amide bonds. The van der Waals surface area contributed by atoms with Gasteiger partial charge in [0.2, 0.25) is 5.91 Å². The third-order valence-corrected chi connectivity index (χ3v) is 5.38. The van der Waals surface area contributed by atoms with Gasteiger partial charge >= 0.3 is 6.03 Å². The number of amides is 4. The van der Waals surface area contributed by atoms with Crippen LogP contribution in [-0.2, 0) is 9.59 Å². The molecular formula is C20H28BrN3O3. The van der Waals surface area contributed by atoms with Gasteiger partial charge in [-0.2, -0.15) is 0 Å². The number of unbranched alkanes of at least 4 members (excludes halogenated alkanes) is 4. The molecule has 0 aromatic heterocycles. The molecular weight excluding hydrogens is 410 g/mol. The van der Waals surface area contributed by atoms with Crippen molar-refractivity contribution in [3.05, 3.63) is 28.2 Å². The van der Waals surface area contributed by atoms with Crippen LogP contribution in [0.5, 0.6) is 0 Å². The Bertz CT molecular complexity index is 722. The summed E-state index contributed by atoms with van der Waals surface area (Å²) in [4.78, 5) is 38.3. The van der Waals surface area contributed by atoms with Gasteiger partial charge < -0.3 is 10.6 Å². The molecule has 0 aliphatic carbocycles. The maximum atomic E-state index is 12.7. The van der Waals surface area contributed by atoms with Crippen molar-refractivity contribution in [3.8, 4) is 0 Å². The van der Waals surface area contributed by atoms with E-state index in [2.05, 4.69) is 33.5 Å². The predicted molar refractivity (Wildman–Crippen MR) is 110 cm³/mol. The van der Waals surface area contributed by atoms with Gasteiger partial charge in [0.1, 0.15) is 12.1 Å². The van der Waals surface area contributed by atoms with Crippen molar-refractivity contribution in [2.24, 2.45) is 0 Å². The lowest BCUT2D eigenvalue weighted by Crippen LogP contribution is -2.44. The first-order valence-electron chi connectivity index (χ1n) is 9.47. The number of hydrogen-bond donors (Lipinski definition) is 2. The van der Waals surface area contributed by atoms with E-state index in [9.17, 15) is 14.4 Å². The fourth-order valence-corrected chi connectivity index (χ4v) is 3.72. The number of nitrogens with one attached hydrogen (secondary N) is 2. The van der Waals surface area contributed by atoms with Crippen molar-refractivity contribution in [1.82, 2.24) is 10.2 Å². The molecule has 1 saturated heterocycles. The molecule has 2 N–H and O–H groups in total. The number of imide groups is 1. The number of anilines is 1. The average Bonchev–Trinajstić information content (AvgIpc) is 2.81. The summed E-state index contributed by atoms with van der Waals surface area (Å²) in [6.45, 7) is 5.49. The topological polar surface area (TPSA) is 78.5 Å². The highest BCUT2D eigenvalue weighted by Gasteiger charge is 2.47. The Morgan fingerprint density at radius 1 is 1.22 bits per heavy atom. The Morgan fingerprint density at radius 2 is 1.93 bits per heavy atom. The summed E-state index contributed by atoms with van der Waals surface area (Å²) >= 11 is 3.38. The van der Waals surface area contributed by atoms with Crippen LogP contribution < -0.4 is 10.6 Å². The first-order valence-corrected chi connectivity index (χ1v) is 10.3. The van der Waals surface area contributed by atoms with Gasteiger partial charge in [0.15, 0.2) is 0 Å². The molecule has 1 fully saturated rings. The Morgan fingerprint density at radius 3 is 2.59 bits per heavy atom. The second kappa shape index (κ2) is 9.35. The predicted octanol–water partition coefficient (Wildman–Crippen LogP) is 4.37. The van der Waals surface area contributed by atoms with E-state index in [-0.39, 0.29) is 12.5 Å². The van der Waals surface area contributed by atoms with Crippen LogP contribution in [-0.4, -0.2) is 34.8 Å². The molecule has 1 atom stereocenters. The molecule has 2 rings (SSSR count). The van der Waals surface area contributed by atoms with Crippen LogP contribution in [0.3, 0.4) is 0 Å². The van der Waals surface area contributed by atoms with Crippen molar-refractivity contribution in [2.75, 3.05) is 11.9 Å². The number of halogens is 1. The quantitative estimate of drug-likeness (QED) is 0.444. The molecule has 27 heavy (non-hydrogen) atoms. The van der Waals surface area contributed by atoms with Gasteiger partial charge in [0.05, 0.1) is 0 Å². The van der Waals surface area contributed by atoms with Crippen LogP contribution in [0.1, 0.15) is 57.9 Å². The second-order valence-corrected chi connectivity index (χ2v) is 8.24.